The molecule has 1 saturated carbocycles. The topological polar surface area (TPSA) is 98.9 Å². The van der Waals surface area contributed by atoms with Gasteiger partial charge in [-0.05, 0) is 31.6 Å². The van der Waals surface area contributed by atoms with Crippen molar-refractivity contribution in [2.75, 3.05) is 23.7 Å². The van der Waals surface area contributed by atoms with Crippen molar-refractivity contribution in [3.8, 4) is 0 Å². The van der Waals surface area contributed by atoms with Crippen molar-refractivity contribution in [3.05, 3.63) is 30.5 Å². The minimum atomic E-state index is 0.313. The van der Waals surface area contributed by atoms with E-state index in [1.165, 1.54) is 0 Å². The highest BCUT2D eigenvalue weighted by Gasteiger charge is 2.30. The van der Waals surface area contributed by atoms with Crippen LogP contribution in [0.25, 0.3) is 0 Å². The van der Waals surface area contributed by atoms with Gasteiger partial charge in [-0.1, -0.05) is 0 Å². The standard InChI is InChI=1S/C17H25N7/c18-14-7-13(8-14)15-9-16(22-17(19)21-15)24-4-1-12(2-5-24)10-23-6-3-20-11-23/h3,6,9,11-14H,1-2,4-5,7-8,10,18H2,(H2,19,21,22). The van der Waals surface area contributed by atoms with Crippen LogP contribution < -0.4 is 16.4 Å². The Balaban J connectivity index is 1.40. The molecule has 0 bridgehead atoms. The van der Waals surface area contributed by atoms with Crippen LogP contribution in [0.3, 0.4) is 0 Å². The number of nitrogens with two attached hydrogens (primary N) is 2. The lowest BCUT2D eigenvalue weighted by Crippen LogP contribution is -2.37. The summed E-state index contributed by atoms with van der Waals surface area (Å²) in [4.78, 5) is 15.3. The Morgan fingerprint density at radius 1 is 1.17 bits per heavy atom. The van der Waals surface area contributed by atoms with E-state index in [2.05, 4.69) is 30.5 Å². The van der Waals surface area contributed by atoms with Crippen molar-refractivity contribution in [2.45, 2.75) is 44.2 Å². The molecule has 0 amide bonds. The van der Waals surface area contributed by atoms with E-state index in [4.69, 9.17) is 11.5 Å². The summed E-state index contributed by atoms with van der Waals surface area (Å²) in [5.74, 6) is 2.49. The van der Waals surface area contributed by atoms with E-state index in [0.29, 0.717) is 23.8 Å². The first-order chi connectivity index (χ1) is 11.7. The number of hydrogen-bond donors (Lipinski definition) is 2. The van der Waals surface area contributed by atoms with Gasteiger partial charge in [0.1, 0.15) is 5.82 Å². The van der Waals surface area contributed by atoms with Crippen LogP contribution in [-0.4, -0.2) is 38.7 Å². The van der Waals surface area contributed by atoms with Crippen molar-refractivity contribution >= 4 is 11.8 Å². The maximum Gasteiger partial charge on any atom is 0.222 e. The molecule has 128 valence electrons. The third kappa shape index (κ3) is 3.21. The molecule has 24 heavy (non-hydrogen) atoms. The Hall–Kier alpha value is -2.15. The summed E-state index contributed by atoms with van der Waals surface area (Å²) in [7, 11) is 0. The molecule has 0 atom stereocenters. The Morgan fingerprint density at radius 3 is 2.62 bits per heavy atom. The zero-order chi connectivity index (χ0) is 16.5. The fourth-order valence-electron chi connectivity index (χ4n) is 3.78. The van der Waals surface area contributed by atoms with Gasteiger partial charge < -0.3 is 20.9 Å². The van der Waals surface area contributed by atoms with E-state index in [0.717, 1.165) is 56.8 Å². The molecular formula is C17H25N7. The fraction of sp³-hybridized carbons (Fsp3) is 0.588. The highest BCUT2D eigenvalue weighted by atomic mass is 15.2. The average Bonchev–Trinajstić information content (AvgIpc) is 3.05. The van der Waals surface area contributed by atoms with Crippen LogP contribution in [-0.2, 0) is 6.54 Å². The molecule has 0 unspecified atom stereocenters. The van der Waals surface area contributed by atoms with Crippen LogP contribution in [0.15, 0.2) is 24.8 Å². The van der Waals surface area contributed by atoms with Gasteiger partial charge in [0.25, 0.3) is 0 Å². The molecule has 7 nitrogen and oxygen atoms in total. The van der Waals surface area contributed by atoms with Gasteiger partial charge in [-0.15, -0.1) is 0 Å². The summed E-state index contributed by atoms with van der Waals surface area (Å²) >= 11 is 0. The Kier molecular flexibility index (Phi) is 4.10. The molecule has 0 aromatic carbocycles. The molecule has 4 rings (SSSR count). The number of nitrogens with zero attached hydrogens (tertiary/aromatic N) is 5. The number of aromatic nitrogens is 4. The van der Waals surface area contributed by atoms with Crippen LogP contribution in [0.1, 0.15) is 37.3 Å². The number of hydrogen-bond acceptors (Lipinski definition) is 6. The van der Waals surface area contributed by atoms with Crippen LogP contribution in [0.5, 0.6) is 0 Å². The van der Waals surface area contributed by atoms with Gasteiger partial charge in [0.2, 0.25) is 5.95 Å². The predicted molar refractivity (Wildman–Crippen MR) is 93.6 cm³/mol. The van der Waals surface area contributed by atoms with Crippen molar-refractivity contribution in [1.29, 1.82) is 0 Å². The molecule has 0 spiro atoms. The molecule has 2 aliphatic rings. The first kappa shape index (κ1) is 15.4. The second-order valence-corrected chi connectivity index (χ2v) is 7.13. The van der Waals surface area contributed by atoms with Gasteiger partial charge in [0.05, 0.1) is 12.0 Å². The van der Waals surface area contributed by atoms with E-state index in [-0.39, 0.29) is 0 Å². The molecule has 2 aromatic heterocycles. The first-order valence-corrected chi connectivity index (χ1v) is 8.78. The third-order valence-corrected chi connectivity index (χ3v) is 5.31. The number of piperidine rings is 1. The maximum absolute atomic E-state index is 5.94. The smallest absolute Gasteiger partial charge is 0.222 e. The monoisotopic (exact) mass is 327 g/mol. The molecule has 2 aromatic rings. The van der Waals surface area contributed by atoms with E-state index < -0.39 is 0 Å². The Labute approximate surface area is 142 Å². The summed E-state index contributed by atoms with van der Waals surface area (Å²) in [6, 6.07) is 2.43. The summed E-state index contributed by atoms with van der Waals surface area (Å²) in [5.41, 5.74) is 12.9. The van der Waals surface area contributed by atoms with Crippen LogP contribution in [0.4, 0.5) is 11.8 Å². The first-order valence-electron chi connectivity index (χ1n) is 8.78. The number of anilines is 2. The lowest BCUT2D eigenvalue weighted by Gasteiger charge is -2.35. The van der Waals surface area contributed by atoms with Gasteiger partial charge in [0, 0.05) is 50.1 Å². The molecular weight excluding hydrogens is 302 g/mol. The fourth-order valence-corrected chi connectivity index (χ4v) is 3.78. The highest BCUT2D eigenvalue weighted by Crippen LogP contribution is 2.36. The Morgan fingerprint density at radius 2 is 1.96 bits per heavy atom. The van der Waals surface area contributed by atoms with Crippen LogP contribution >= 0.6 is 0 Å². The molecule has 1 aliphatic carbocycles. The summed E-state index contributed by atoms with van der Waals surface area (Å²) in [6.07, 6.45) is 10.1. The molecule has 7 heteroatoms. The SMILES string of the molecule is Nc1nc(C2CC(N)C2)cc(N2CCC(Cn3ccnc3)CC2)n1. The predicted octanol–water partition coefficient (Wildman–Crippen LogP) is 1.38. The second-order valence-electron chi connectivity index (χ2n) is 7.13. The minimum Gasteiger partial charge on any atom is -0.368 e. The normalized spacial score (nSPS) is 24.8. The van der Waals surface area contributed by atoms with Crippen LogP contribution in [0.2, 0.25) is 0 Å². The number of rotatable bonds is 4. The third-order valence-electron chi connectivity index (χ3n) is 5.31. The number of nitrogen functional groups attached to an aromatic ring is 1. The van der Waals surface area contributed by atoms with Crippen LogP contribution in [0, 0.1) is 5.92 Å². The van der Waals surface area contributed by atoms with E-state index >= 15 is 0 Å². The zero-order valence-corrected chi connectivity index (χ0v) is 13.9. The van der Waals surface area contributed by atoms with Crippen molar-refractivity contribution in [2.24, 2.45) is 11.7 Å². The molecule has 3 heterocycles. The lowest BCUT2D eigenvalue weighted by atomic mass is 9.78. The highest BCUT2D eigenvalue weighted by molar-refractivity contribution is 5.45. The van der Waals surface area contributed by atoms with Gasteiger partial charge >= 0.3 is 0 Å². The Bertz CT molecular complexity index is 670. The molecule has 2 fully saturated rings. The van der Waals surface area contributed by atoms with Gasteiger partial charge in [0.15, 0.2) is 0 Å². The lowest BCUT2D eigenvalue weighted by molar-refractivity contribution is 0.344. The van der Waals surface area contributed by atoms with Crippen molar-refractivity contribution in [1.82, 2.24) is 19.5 Å². The summed E-state index contributed by atoms with van der Waals surface area (Å²) < 4.78 is 2.17. The minimum absolute atomic E-state index is 0.313. The van der Waals surface area contributed by atoms with Crippen molar-refractivity contribution < 1.29 is 0 Å². The zero-order valence-electron chi connectivity index (χ0n) is 13.9. The number of imidazole rings is 1. The van der Waals surface area contributed by atoms with Crippen molar-refractivity contribution in [3.63, 3.8) is 0 Å². The summed E-state index contributed by atoms with van der Waals surface area (Å²) in [5, 5.41) is 0. The average molecular weight is 327 g/mol. The van der Waals surface area contributed by atoms with E-state index in [9.17, 15) is 0 Å². The van der Waals surface area contributed by atoms with E-state index in [1.54, 1.807) is 0 Å². The van der Waals surface area contributed by atoms with Gasteiger partial charge in [-0.3, -0.25) is 0 Å². The molecule has 0 radical (unpaired) electrons. The maximum atomic E-state index is 5.94. The van der Waals surface area contributed by atoms with Gasteiger partial charge in [-0.2, -0.15) is 4.98 Å². The largest absolute Gasteiger partial charge is 0.368 e. The summed E-state index contributed by atoms with van der Waals surface area (Å²) in [6.45, 7) is 3.07. The second kappa shape index (κ2) is 6.39. The quantitative estimate of drug-likeness (QED) is 0.880. The van der Waals surface area contributed by atoms with Gasteiger partial charge in [-0.25, -0.2) is 9.97 Å². The molecule has 1 aliphatic heterocycles. The molecule has 1 saturated heterocycles. The molecule has 4 N–H and O–H groups in total. The van der Waals surface area contributed by atoms with E-state index in [1.807, 2.05) is 18.7 Å².